The Morgan fingerprint density at radius 2 is 1.88 bits per heavy atom. The number of benzene rings is 1. The number of hydrogen-bond acceptors (Lipinski definition) is 10. The zero-order chi connectivity index (χ0) is 33.7. The van der Waals surface area contributed by atoms with E-state index in [1.165, 1.54) is 0 Å². The van der Waals surface area contributed by atoms with Crippen LogP contribution in [0.15, 0.2) is 29.5 Å². The predicted octanol–water partition coefficient (Wildman–Crippen LogP) is 4.94. The lowest BCUT2D eigenvalue weighted by atomic mass is 9.78. The highest BCUT2D eigenvalue weighted by atomic mass is 35.5. The Bertz CT molecular complexity index is 1670. The lowest BCUT2D eigenvalue weighted by molar-refractivity contribution is -0.210. The van der Waals surface area contributed by atoms with Gasteiger partial charge in [0, 0.05) is 54.1 Å². The van der Waals surface area contributed by atoms with E-state index in [0.717, 1.165) is 38.8 Å². The number of ether oxygens (including phenoxy) is 3. The number of aromatic nitrogens is 3. The Balaban J connectivity index is 1.07. The molecule has 2 saturated heterocycles. The third kappa shape index (κ3) is 6.72. The molecule has 16 heteroatoms. The number of nitrogens with zero attached hydrogens (tertiary/aromatic N) is 5. The van der Waals surface area contributed by atoms with E-state index in [4.69, 9.17) is 26.1 Å². The minimum Gasteiger partial charge on any atom is -0.387 e. The minimum absolute atomic E-state index is 0.0322. The first-order valence-electron chi connectivity index (χ1n) is 16.1. The fourth-order valence-electron chi connectivity index (χ4n) is 7.45. The molecule has 1 unspecified atom stereocenters. The number of rotatable bonds is 11. The number of aliphatic imine (C=N–C) groups is 1. The van der Waals surface area contributed by atoms with Gasteiger partial charge in [0.25, 0.3) is 0 Å². The summed E-state index contributed by atoms with van der Waals surface area (Å²) in [6, 6.07) is 3.37. The first kappa shape index (κ1) is 33.4. The van der Waals surface area contributed by atoms with Gasteiger partial charge in [-0.05, 0) is 50.9 Å². The normalized spacial score (nSPS) is 25.0. The molecule has 3 aromatic rings. The van der Waals surface area contributed by atoms with E-state index < -0.39 is 37.2 Å². The summed E-state index contributed by atoms with van der Waals surface area (Å²) in [5, 5.41) is 21.7. The number of pyridine rings is 1. The number of halogens is 5. The summed E-state index contributed by atoms with van der Waals surface area (Å²) < 4.78 is 70.7. The van der Waals surface area contributed by atoms with Crippen molar-refractivity contribution in [2.45, 2.75) is 68.3 Å². The first-order valence-corrected chi connectivity index (χ1v) is 16.5. The lowest BCUT2D eigenvalue weighted by Crippen LogP contribution is -2.52. The quantitative estimate of drug-likeness (QED) is 0.240. The van der Waals surface area contributed by atoms with Crippen LogP contribution in [0.4, 0.5) is 23.2 Å². The van der Waals surface area contributed by atoms with Crippen LogP contribution in [0.5, 0.6) is 0 Å². The minimum atomic E-state index is -4.45. The molecule has 0 amide bonds. The SMILES string of the molecule is CN(CCOC1CC(O)(COCC(F)(F)F)C1)C1=NC(OCC23CCCN2CCC3)Nc2c1cnc(-c1cc(Cl)cc3[nH]ncc13)c2F. The van der Waals surface area contributed by atoms with Gasteiger partial charge < -0.3 is 29.5 Å². The molecule has 3 fully saturated rings. The van der Waals surface area contributed by atoms with Crippen molar-refractivity contribution < 1.29 is 36.9 Å². The van der Waals surface area contributed by atoms with Gasteiger partial charge in [-0.15, -0.1) is 0 Å². The van der Waals surface area contributed by atoms with Crippen LogP contribution in [-0.2, 0) is 14.2 Å². The van der Waals surface area contributed by atoms with Gasteiger partial charge >= 0.3 is 6.18 Å². The Labute approximate surface area is 279 Å². The molecule has 1 aromatic carbocycles. The fourth-order valence-corrected chi connectivity index (χ4v) is 7.67. The second-order valence-corrected chi connectivity index (χ2v) is 13.8. The zero-order valence-corrected chi connectivity index (χ0v) is 27.2. The Kier molecular flexibility index (Phi) is 9.04. The zero-order valence-electron chi connectivity index (χ0n) is 26.5. The third-order valence-corrected chi connectivity index (χ3v) is 10.1. The fraction of sp³-hybridized carbons (Fsp3) is 0.594. The molecule has 48 heavy (non-hydrogen) atoms. The van der Waals surface area contributed by atoms with Crippen LogP contribution in [-0.4, -0.2) is 119 Å². The van der Waals surface area contributed by atoms with E-state index in [-0.39, 0.29) is 42.5 Å². The second-order valence-electron chi connectivity index (χ2n) is 13.3. The third-order valence-electron chi connectivity index (χ3n) is 9.86. The molecule has 1 atom stereocenters. The molecule has 0 spiro atoms. The summed E-state index contributed by atoms with van der Waals surface area (Å²) in [6.07, 6.45) is 2.22. The molecule has 260 valence electrons. The molecule has 11 nitrogen and oxygen atoms in total. The molecule has 5 heterocycles. The Morgan fingerprint density at radius 3 is 2.62 bits per heavy atom. The highest BCUT2D eigenvalue weighted by molar-refractivity contribution is 6.31. The number of aliphatic hydroxyl groups is 1. The van der Waals surface area contributed by atoms with Gasteiger partial charge in [-0.2, -0.15) is 18.3 Å². The summed E-state index contributed by atoms with van der Waals surface area (Å²) in [6.45, 7) is 1.34. The topological polar surface area (TPSA) is 120 Å². The molecule has 1 saturated carbocycles. The largest absolute Gasteiger partial charge is 0.411 e. The van der Waals surface area contributed by atoms with Gasteiger partial charge in [0.2, 0.25) is 6.35 Å². The number of nitrogens with one attached hydrogen (secondary N) is 2. The maximum Gasteiger partial charge on any atom is 0.411 e. The van der Waals surface area contributed by atoms with Crippen molar-refractivity contribution in [1.29, 1.82) is 0 Å². The number of H-pyrrole nitrogens is 1. The predicted molar refractivity (Wildman–Crippen MR) is 170 cm³/mol. The maximum atomic E-state index is 16.6. The van der Waals surface area contributed by atoms with Crippen LogP contribution in [0, 0.1) is 5.82 Å². The van der Waals surface area contributed by atoms with E-state index in [1.807, 2.05) is 11.9 Å². The number of fused-ring (bicyclic) bond motifs is 3. The molecule has 0 bridgehead atoms. The number of likely N-dealkylation sites (N-methyl/N-ethyl adjacent to an activating group) is 1. The van der Waals surface area contributed by atoms with Crippen molar-refractivity contribution in [1.82, 2.24) is 25.0 Å². The van der Waals surface area contributed by atoms with Crippen molar-refractivity contribution in [3.8, 4) is 11.3 Å². The van der Waals surface area contributed by atoms with Gasteiger partial charge in [-0.25, -0.2) is 9.38 Å². The highest BCUT2D eigenvalue weighted by Gasteiger charge is 2.46. The van der Waals surface area contributed by atoms with Gasteiger partial charge in [-0.3, -0.25) is 15.0 Å². The monoisotopic (exact) mass is 695 g/mol. The van der Waals surface area contributed by atoms with E-state index >= 15 is 4.39 Å². The highest BCUT2D eigenvalue weighted by Crippen LogP contribution is 2.41. The number of amidine groups is 1. The van der Waals surface area contributed by atoms with E-state index in [9.17, 15) is 18.3 Å². The summed E-state index contributed by atoms with van der Waals surface area (Å²) in [5.74, 6) is -0.112. The number of alkyl halides is 3. The van der Waals surface area contributed by atoms with Gasteiger partial charge in [-0.1, -0.05) is 11.6 Å². The molecule has 0 radical (unpaired) electrons. The van der Waals surface area contributed by atoms with Crippen LogP contribution in [0.3, 0.4) is 0 Å². The molecule has 7 rings (SSSR count). The van der Waals surface area contributed by atoms with Crippen molar-refractivity contribution in [3.63, 3.8) is 0 Å². The average molecular weight is 696 g/mol. The Morgan fingerprint density at radius 1 is 1.10 bits per heavy atom. The molecular formula is C32H38ClF4N7O4. The Hall–Kier alpha value is -3.08. The first-order chi connectivity index (χ1) is 22.9. The maximum absolute atomic E-state index is 16.6. The van der Waals surface area contributed by atoms with Crippen LogP contribution >= 0.6 is 11.6 Å². The van der Waals surface area contributed by atoms with E-state index in [1.54, 1.807) is 24.5 Å². The summed E-state index contributed by atoms with van der Waals surface area (Å²) in [4.78, 5) is 13.7. The summed E-state index contributed by atoms with van der Waals surface area (Å²) in [7, 11) is 1.81. The molecule has 3 aliphatic heterocycles. The van der Waals surface area contributed by atoms with Crippen LogP contribution in [0.2, 0.25) is 5.02 Å². The van der Waals surface area contributed by atoms with Crippen molar-refractivity contribution in [2.75, 3.05) is 58.4 Å². The molecule has 1 aliphatic carbocycles. The molecule has 4 aliphatic rings. The van der Waals surface area contributed by atoms with Crippen LogP contribution < -0.4 is 5.32 Å². The number of hydrogen-bond donors (Lipinski definition) is 3. The molecule has 3 N–H and O–H groups in total. The van der Waals surface area contributed by atoms with Gasteiger partial charge in [0.1, 0.15) is 18.1 Å². The summed E-state index contributed by atoms with van der Waals surface area (Å²) >= 11 is 6.36. The molecule has 2 aromatic heterocycles. The van der Waals surface area contributed by atoms with Crippen molar-refractivity contribution in [3.05, 3.63) is 40.9 Å². The van der Waals surface area contributed by atoms with Crippen molar-refractivity contribution >= 4 is 34.0 Å². The number of aromatic amines is 1. The van der Waals surface area contributed by atoms with E-state index in [0.29, 0.717) is 46.0 Å². The molecular weight excluding hydrogens is 658 g/mol. The lowest BCUT2D eigenvalue weighted by Gasteiger charge is -2.43. The average Bonchev–Trinajstić information content (AvgIpc) is 3.74. The van der Waals surface area contributed by atoms with Gasteiger partial charge in [0.05, 0.1) is 54.5 Å². The van der Waals surface area contributed by atoms with Crippen LogP contribution in [0.25, 0.3) is 22.2 Å². The summed E-state index contributed by atoms with van der Waals surface area (Å²) in [5.41, 5.74) is 0.532. The van der Waals surface area contributed by atoms with Crippen molar-refractivity contribution in [2.24, 2.45) is 4.99 Å². The van der Waals surface area contributed by atoms with Gasteiger partial charge in [0.15, 0.2) is 5.82 Å². The van der Waals surface area contributed by atoms with Crippen LogP contribution in [0.1, 0.15) is 44.1 Å². The standard InChI is InChI=1S/C32H38ClF4N7O4/c1-43(8-9-47-20-12-31(45,13-20)17-46-18-32(35,36)37)28-23-14-38-26(21-10-19(33)11-24-22(21)15-39-42-24)25(34)27(23)40-29(41-28)48-16-30-4-2-6-44(30)7-3-5-30/h10-11,14-15,20,29,40,45H,2-9,12-13,16-18H2,1H3,(H,39,42). The second kappa shape index (κ2) is 13.0. The smallest absolute Gasteiger partial charge is 0.387 e. The van der Waals surface area contributed by atoms with E-state index in [2.05, 4.69) is 30.1 Å². The number of anilines is 1.